The van der Waals surface area contributed by atoms with Crippen molar-refractivity contribution in [2.24, 2.45) is 0 Å². The monoisotopic (exact) mass is 414 g/mol. The Hall–Kier alpha value is -3.12. The largest absolute Gasteiger partial charge is 0.394 e. The van der Waals surface area contributed by atoms with E-state index in [2.05, 4.69) is 15.3 Å². The van der Waals surface area contributed by atoms with Gasteiger partial charge in [-0.2, -0.15) is 4.98 Å². The standard InChI is InChI=1S/C19H22N6O5/c20-17-12(7-24-9-13(22-23-24)6-11-4-2-1-3-5-11)8-25(19(29)21-17)18-16(28)15(27)14(10-26)30-18/h1-5,8-9,14-16,18,26-28H,6-7,10H2,(H2,20,21,29)/t14-,15?,16+,18-/m1/s1. The normalized spacial score (nSPS) is 23.7. The van der Waals surface area contributed by atoms with Gasteiger partial charge < -0.3 is 25.8 Å². The van der Waals surface area contributed by atoms with E-state index in [-0.39, 0.29) is 12.4 Å². The summed E-state index contributed by atoms with van der Waals surface area (Å²) in [5, 5.41) is 37.6. The zero-order valence-corrected chi connectivity index (χ0v) is 15.9. The predicted molar refractivity (Wildman–Crippen MR) is 104 cm³/mol. The Labute approximate surface area is 171 Å². The second kappa shape index (κ2) is 8.32. The molecule has 11 nitrogen and oxygen atoms in total. The molecule has 4 atom stereocenters. The number of aromatic nitrogens is 5. The fraction of sp³-hybridized carbons (Fsp3) is 0.368. The van der Waals surface area contributed by atoms with Gasteiger partial charge in [0.05, 0.1) is 18.8 Å². The maximum absolute atomic E-state index is 12.3. The third kappa shape index (κ3) is 3.96. The summed E-state index contributed by atoms with van der Waals surface area (Å²) in [5.74, 6) is 0.0168. The zero-order chi connectivity index (χ0) is 21.3. The molecule has 1 aliphatic rings. The summed E-state index contributed by atoms with van der Waals surface area (Å²) in [6.07, 6.45) is -1.13. The van der Waals surface area contributed by atoms with Crippen molar-refractivity contribution >= 4 is 5.82 Å². The van der Waals surface area contributed by atoms with E-state index in [1.807, 2.05) is 30.3 Å². The molecule has 11 heteroatoms. The molecular formula is C19H22N6O5. The number of hydrogen-bond donors (Lipinski definition) is 4. The zero-order valence-electron chi connectivity index (χ0n) is 15.9. The van der Waals surface area contributed by atoms with E-state index in [0.29, 0.717) is 12.0 Å². The molecule has 1 unspecified atom stereocenters. The Morgan fingerprint density at radius 3 is 2.60 bits per heavy atom. The second-order valence-corrected chi connectivity index (χ2v) is 7.14. The summed E-state index contributed by atoms with van der Waals surface area (Å²) in [6, 6.07) is 9.84. The van der Waals surface area contributed by atoms with Gasteiger partial charge in [0.15, 0.2) is 6.23 Å². The molecule has 30 heavy (non-hydrogen) atoms. The van der Waals surface area contributed by atoms with Crippen LogP contribution in [0.1, 0.15) is 23.0 Å². The molecule has 1 aromatic carbocycles. The molecule has 5 N–H and O–H groups in total. The van der Waals surface area contributed by atoms with E-state index in [9.17, 15) is 20.1 Å². The van der Waals surface area contributed by atoms with Gasteiger partial charge in [-0.3, -0.25) is 4.57 Å². The van der Waals surface area contributed by atoms with Crippen LogP contribution < -0.4 is 11.4 Å². The van der Waals surface area contributed by atoms with Crippen molar-refractivity contribution in [1.82, 2.24) is 24.5 Å². The molecule has 0 bridgehead atoms. The third-order valence-corrected chi connectivity index (χ3v) is 5.00. The van der Waals surface area contributed by atoms with E-state index >= 15 is 0 Å². The van der Waals surface area contributed by atoms with E-state index in [1.165, 1.54) is 6.20 Å². The quantitative estimate of drug-likeness (QED) is 0.383. The number of nitrogen functional groups attached to an aromatic ring is 1. The van der Waals surface area contributed by atoms with Crippen LogP contribution in [0.5, 0.6) is 0 Å². The van der Waals surface area contributed by atoms with Crippen molar-refractivity contribution in [3.8, 4) is 0 Å². The minimum Gasteiger partial charge on any atom is -0.394 e. The summed E-state index contributed by atoms with van der Waals surface area (Å²) in [4.78, 5) is 16.1. The molecular weight excluding hydrogens is 392 g/mol. The lowest BCUT2D eigenvalue weighted by molar-refractivity contribution is -0.0550. The van der Waals surface area contributed by atoms with Gasteiger partial charge in [-0.25, -0.2) is 9.48 Å². The molecule has 4 rings (SSSR count). The lowest BCUT2D eigenvalue weighted by Gasteiger charge is -2.18. The Kier molecular flexibility index (Phi) is 5.59. The minimum absolute atomic E-state index is 0.0168. The van der Waals surface area contributed by atoms with Crippen molar-refractivity contribution in [2.45, 2.75) is 37.5 Å². The van der Waals surface area contributed by atoms with Crippen molar-refractivity contribution in [1.29, 1.82) is 0 Å². The van der Waals surface area contributed by atoms with Gasteiger partial charge >= 0.3 is 5.69 Å². The van der Waals surface area contributed by atoms with E-state index in [1.54, 1.807) is 10.9 Å². The van der Waals surface area contributed by atoms with Crippen molar-refractivity contribution in [3.05, 3.63) is 70.0 Å². The van der Waals surface area contributed by atoms with Crippen molar-refractivity contribution < 1.29 is 20.1 Å². The van der Waals surface area contributed by atoms with Crippen molar-refractivity contribution in [2.75, 3.05) is 12.3 Å². The molecule has 1 saturated heterocycles. The molecule has 3 heterocycles. The number of anilines is 1. The highest BCUT2D eigenvalue weighted by molar-refractivity contribution is 5.37. The van der Waals surface area contributed by atoms with E-state index in [0.717, 1.165) is 15.8 Å². The summed E-state index contributed by atoms with van der Waals surface area (Å²) in [7, 11) is 0. The van der Waals surface area contributed by atoms with Gasteiger partial charge in [-0.15, -0.1) is 5.10 Å². The number of aliphatic hydroxyl groups excluding tert-OH is 3. The van der Waals surface area contributed by atoms with Gasteiger partial charge in [0, 0.05) is 24.4 Å². The van der Waals surface area contributed by atoms with Gasteiger partial charge in [0.2, 0.25) is 0 Å². The summed E-state index contributed by atoms with van der Waals surface area (Å²) < 4.78 is 8.03. The first-order valence-corrected chi connectivity index (χ1v) is 9.39. The molecule has 0 saturated carbocycles. The fourth-order valence-electron chi connectivity index (χ4n) is 3.41. The number of aliphatic hydroxyl groups is 3. The fourth-order valence-corrected chi connectivity index (χ4v) is 3.41. The molecule has 0 aliphatic carbocycles. The average molecular weight is 414 g/mol. The molecule has 158 valence electrons. The average Bonchev–Trinajstić information content (AvgIpc) is 3.29. The Bertz CT molecular complexity index is 1070. The minimum atomic E-state index is -1.40. The molecule has 1 aliphatic heterocycles. The van der Waals surface area contributed by atoms with E-state index < -0.39 is 36.8 Å². The highest BCUT2D eigenvalue weighted by Crippen LogP contribution is 2.28. The number of benzene rings is 1. The first-order valence-electron chi connectivity index (χ1n) is 9.39. The lowest BCUT2D eigenvalue weighted by atomic mass is 10.1. The predicted octanol–water partition coefficient (Wildman–Crippen LogP) is -1.33. The highest BCUT2D eigenvalue weighted by Gasteiger charge is 2.43. The first-order chi connectivity index (χ1) is 14.5. The number of rotatable bonds is 6. The van der Waals surface area contributed by atoms with Gasteiger partial charge in [0.25, 0.3) is 0 Å². The van der Waals surface area contributed by atoms with Crippen LogP contribution in [0.4, 0.5) is 5.82 Å². The molecule has 0 spiro atoms. The van der Waals surface area contributed by atoms with Crippen LogP contribution in [0.15, 0.2) is 47.5 Å². The topological polar surface area (TPSA) is 162 Å². The van der Waals surface area contributed by atoms with Crippen LogP contribution in [0, 0.1) is 0 Å². The van der Waals surface area contributed by atoms with Crippen LogP contribution in [0.2, 0.25) is 0 Å². The van der Waals surface area contributed by atoms with Crippen molar-refractivity contribution in [3.63, 3.8) is 0 Å². The second-order valence-electron chi connectivity index (χ2n) is 7.14. The highest BCUT2D eigenvalue weighted by atomic mass is 16.6. The first kappa shape index (κ1) is 20.2. The summed E-state index contributed by atoms with van der Waals surface area (Å²) >= 11 is 0. The van der Waals surface area contributed by atoms with Crippen LogP contribution in [0.3, 0.4) is 0 Å². The summed E-state index contributed by atoms with van der Waals surface area (Å²) in [5.41, 5.74) is 7.49. The maximum atomic E-state index is 12.3. The van der Waals surface area contributed by atoms with Crippen LogP contribution in [-0.2, 0) is 17.7 Å². The molecule has 0 radical (unpaired) electrons. The SMILES string of the molecule is Nc1nc(=O)n([C@@H]2O[C@H](CO)C(O)[C@@H]2O)cc1Cn1cc(Cc2ccccc2)nn1. The van der Waals surface area contributed by atoms with Gasteiger partial charge in [-0.1, -0.05) is 35.5 Å². The molecule has 1 fully saturated rings. The number of hydrogen-bond acceptors (Lipinski definition) is 9. The molecule has 3 aromatic rings. The van der Waals surface area contributed by atoms with Gasteiger partial charge in [-0.05, 0) is 5.56 Å². The maximum Gasteiger partial charge on any atom is 0.351 e. The van der Waals surface area contributed by atoms with E-state index in [4.69, 9.17) is 10.5 Å². The smallest absolute Gasteiger partial charge is 0.351 e. The Morgan fingerprint density at radius 1 is 1.13 bits per heavy atom. The Balaban J connectivity index is 1.56. The van der Waals surface area contributed by atoms with Crippen LogP contribution in [-0.4, -0.2) is 64.8 Å². The number of nitrogens with two attached hydrogens (primary N) is 1. The van der Waals surface area contributed by atoms with Crippen LogP contribution in [0.25, 0.3) is 0 Å². The lowest BCUT2D eigenvalue weighted by Crippen LogP contribution is -2.36. The van der Waals surface area contributed by atoms with Crippen LogP contribution >= 0.6 is 0 Å². The van der Waals surface area contributed by atoms with Gasteiger partial charge in [0.1, 0.15) is 24.1 Å². The number of nitrogens with zero attached hydrogens (tertiary/aromatic N) is 5. The Morgan fingerprint density at radius 2 is 1.90 bits per heavy atom. The molecule has 2 aromatic heterocycles. The molecule has 0 amide bonds. The summed E-state index contributed by atoms with van der Waals surface area (Å²) in [6.45, 7) is -0.308. The number of ether oxygens (including phenoxy) is 1. The third-order valence-electron chi connectivity index (χ3n) is 5.00.